The molecule has 0 radical (unpaired) electrons. The van der Waals surface area contributed by atoms with Gasteiger partial charge in [-0.1, -0.05) is 39.0 Å². The summed E-state index contributed by atoms with van der Waals surface area (Å²) in [5, 5.41) is 3.02. The standard InChI is InChI=1S/C21H35ClN2O2/c1-20(2,3)19(25)23-13-15-24(14-9-12-22)16-17-10-7-8-11-18(17)26-21(4,5)6/h7-8,10-11H,9,12-16H2,1-6H3,(H,23,25). The van der Waals surface area contributed by atoms with Crippen molar-refractivity contribution < 1.29 is 9.53 Å². The quantitative estimate of drug-likeness (QED) is 0.641. The Balaban J connectivity index is 2.74. The van der Waals surface area contributed by atoms with Crippen molar-refractivity contribution in [2.24, 2.45) is 5.41 Å². The summed E-state index contributed by atoms with van der Waals surface area (Å²) in [6.07, 6.45) is 0.914. The minimum atomic E-state index is -0.367. The molecule has 4 nitrogen and oxygen atoms in total. The number of halogens is 1. The summed E-state index contributed by atoms with van der Waals surface area (Å²) in [7, 11) is 0. The summed E-state index contributed by atoms with van der Waals surface area (Å²) >= 11 is 5.89. The molecule has 0 unspecified atom stereocenters. The number of rotatable bonds is 9. The first-order valence-electron chi connectivity index (χ1n) is 9.36. The maximum Gasteiger partial charge on any atom is 0.225 e. The summed E-state index contributed by atoms with van der Waals surface area (Å²) in [6, 6.07) is 8.15. The third-order valence-corrected chi connectivity index (χ3v) is 4.05. The number of para-hydroxylation sites is 1. The van der Waals surface area contributed by atoms with Crippen molar-refractivity contribution in [3.8, 4) is 5.75 Å². The first-order chi connectivity index (χ1) is 12.0. The largest absolute Gasteiger partial charge is 0.488 e. The van der Waals surface area contributed by atoms with Gasteiger partial charge < -0.3 is 10.1 Å². The zero-order chi connectivity index (χ0) is 19.8. The van der Waals surface area contributed by atoms with E-state index in [9.17, 15) is 4.79 Å². The van der Waals surface area contributed by atoms with Crippen molar-refractivity contribution in [2.45, 2.75) is 60.1 Å². The van der Waals surface area contributed by atoms with Crippen molar-refractivity contribution in [3.63, 3.8) is 0 Å². The molecule has 0 aliphatic heterocycles. The van der Waals surface area contributed by atoms with Gasteiger partial charge in [0.25, 0.3) is 0 Å². The van der Waals surface area contributed by atoms with Crippen LogP contribution in [0.4, 0.5) is 0 Å². The Labute approximate surface area is 164 Å². The van der Waals surface area contributed by atoms with E-state index in [4.69, 9.17) is 16.3 Å². The molecule has 0 atom stereocenters. The molecular formula is C21H35ClN2O2. The number of benzene rings is 1. The number of nitrogens with zero attached hydrogens (tertiary/aromatic N) is 1. The van der Waals surface area contributed by atoms with E-state index >= 15 is 0 Å². The molecule has 1 amide bonds. The van der Waals surface area contributed by atoms with Crippen molar-refractivity contribution >= 4 is 17.5 Å². The van der Waals surface area contributed by atoms with Crippen LogP contribution in [0.15, 0.2) is 24.3 Å². The number of carbonyl (C=O) groups excluding carboxylic acids is 1. The molecule has 5 heteroatoms. The van der Waals surface area contributed by atoms with Crippen LogP contribution in [0.5, 0.6) is 5.75 Å². The van der Waals surface area contributed by atoms with Crippen LogP contribution in [-0.2, 0) is 11.3 Å². The van der Waals surface area contributed by atoms with E-state index in [1.807, 2.05) is 39.0 Å². The maximum absolute atomic E-state index is 12.1. The predicted octanol–water partition coefficient (Wildman–Crippen LogP) is 4.46. The molecule has 0 aliphatic rings. The van der Waals surface area contributed by atoms with E-state index in [1.54, 1.807) is 0 Å². The molecule has 0 fully saturated rings. The van der Waals surface area contributed by atoms with Gasteiger partial charge >= 0.3 is 0 Å². The molecule has 148 valence electrons. The van der Waals surface area contributed by atoms with E-state index in [0.717, 1.165) is 37.4 Å². The van der Waals surface area contributed by atoms with Crippen LogP contribution in [-0.4, -0.2) is 41.9 Å². The average Bonchev–Trinajstić information content (AvgIpc) is 2.51. The number of alkyl halides is 1. The van der Waals surface area contributed by atoms with Gasteiger partial charge in [-0.3, -0.25) is 9.69 Å². The Kier molecular flexibility index (Phi) is 8.91. The van der Waals surface area contributed by atoms with Crippen molar-refractivity contribution in [3.05, 3.63) is 29.8 Å². The van der Waals surface area contributed by atoms with Gasteiger partial charge in [0, 0.05) is 36.5 Å². The number of hydrogen-bond donors (Lipinski definition) is 1. The molecule has 0 saturated carbocycles. The highest BCUT2D eigenvalue weighted by atomic mass is 35.5. The van der Waals surface area contributed by atoms with E-state index < -0.39 is 0 Å². The molecule has 0 aromatic heterocycles. The lowest BCUT2D eigenvalue weighted by atomic mass is 9.96. The molecule has 0 saturated heterocycles. The maximum atomic E-state index is 12.1. The lowest BCUT2D eigenvalue weighted by Gasteiger charge is -2.27. The molecule has 26 heavy (non-hydrogen) atoms. The van der Waals surface area contributed by atoms with Crippen LogP contribution in [0, 0.1) is 5.41 Å². The average molecular weight is 383 g/mol. The summed E-state index contributed by atoms with van der Waals surface area (Å²) in [5.74, 6) is 1.62. The van der Waals surface area contributed by atoms with Gasteiger partial charge in [0.05, 0.1) is 0 Å². The fraction of sp³-hybridized carbons (Fsp3) is 0.667. The molecule has 1 aromatic carbocycles. The first-order valence-corrected chi connectivity index (χ1v) is 9.90. The lowest BCUT2D eigenvalue weighted by Crippen LogP contribution is -2.40. The predicted molar refractivity (Wildman–Crippen MR) is 110 cm³/mol. The smallest absolute Gasteiger partial charge is 0.225 e. The SMILES string of the molecule is CC(C)(C)Oc1ccccc1CN(CCCCl)CCNC(=O)C(C)(C)C. The van der Waals surface area contributed by atoms with Crippen molar-refractivity contribution in [1.29, 1.82) is 0 Å². The monoisotopic (exact) mass is 382 g/mol. The zero-order valence-corrected chi connectivity index (χ0v) is 17.9. The Morgan fingerprint density at radius 3 is 2.35 bits per heavy atom. The Morgan fingerprint density at radius 2 is 1.77 bits per heavy atom. The van der Waals surface area contributed by atoms with E-state index in [2.05, 4.69) is 37.1 Å². The van der Waals surface area contributed by atoms with Crippen LogP contribution >= 0.6 is 11.6 Å². The van der Waals surface area contributed by atoms with E-state index in [0.29, 0.717) is 12.4 Å². The number of hydrogen-bond acceptors (Lipinski definition) is 3. The van der Waals surface area contributed by atoms with Gasteiger partial charge in [0.15, 0.2) is 0 Å². The van der Waals surface area contributed by atoms with Gasteiger partial charge in [0.1, 0.15) is 11.4 Å². The molecular weight excluding hydrogens is 348 g/mol. The minimum absolute atomic E-state index is 0.0752. The van der Waals surface area contributed by atoms with Gasteiger partial charge in [-0.15, -0.1) is 11.6 Å². The normalized spacial score (nSPS) is 12.3. The third kappa shape index (κ3) is 8.91. The van der Waals surface area contributed by atoms with Gasteiger partial charge in [-0.05, 0) is 39.8 Å². The van der Waals surface area contributed by atoms with Gasteiger partial charge in [-0.2, -0.15) is 0 Å². The molecule has 1 rings (SSSR count). The van der Waals surface area contributed by atoms with Crippen LogP contribution in [0.25, 0.3) is 0 Å². The summed E-state index contributed by atoms with van der Waals surface area (Å²) in [5.41, 5.74) is 0.547. The fourth-order valence-corrected chi connectivity index (χ4v) is 2.57. The molecule has 1 aromatic rings. The molecule has 1 N–H and O–H groups in total. The minimum Gasteiger partial charge on any atom is -0.488 e. The molecule has 0 spiro atoms. The third-order valence-electron chi connectivity index (χ3n) is 3.79. The van der Waals surface area contributed by atoms with Crippen molar-refractivity contribution in [1.82, 2.24) is 10.2 Å². The zero-order valence-electron chi connectivity index (χ0n) is 17.2. The highest BCUT2D eigenvalue weighted by Gasteiger charge is 2.21. The Hall–Kier alpha value is -1.26. The highest BCUT2D eigenvalue weighted by molar-refractivity contribution is 6.17. The molecule has 0 heterocycles. The Bertz CT molecular complexity index is 562. The van der Waals surface area contributed by atoms with E-state index in [1.165, 1.54) is 0 Å². The summed E-state index contributed by atoms with van der Waals surface area (Å²) < 4.78 is 6.10. The van der Waals surface area contributed by atoms with E-state index in [-0.39, 0.29) is 16.9 Å². The van der Waals surface area contributed by atoms with Crippen LogP contribution < -0.4 is 10.1 Å². The van der Waals surface area contributed by atoms with Crippen molar-refractivity contribution in [2.75, 3.05) is 25.5 Å². The Morgan fingerprint density at radius 1 is 1.12 bits per heavy atom. The fourth-order valence-electron chi connectivity index (χ4n) is 2.45. The number of nitrogens with one attached hydrogen (secondary N) is 1. The highest BCUT2D eigenvalue weighted by Crippen LogP contribution is 2.24. The number of carbonyl (C=O) groups is 1. The van der Waals surface area contributed by atoms with Crippen LogP contribution in [0.3, 0.4) is 0 Å². The second-order valence-corrected chi connectivity index (χ2v) is 9.02. The second kappa shape index (κ2) is 10.2. The topological polar surface area (TPSA) is 41.6 Å². The lowest BCUT2D eigenvalue weighted by molar-refractivity contribution is -0.128. The molecule has 0 bridgehead atoms. The summed E-state index contributed by atoms with van der Waals surface area (Å²) in [4.78, 5) is 14.4. The second-order valence-electron chi connectivity index (χ2n) is 8.65. The van der Waals surface area contributed by atoms with Crippen LogP contribution in [0.1, 0.15) is 53.5 Å². The van der Waals surface area contributed by atoms with Crippen LogP contribution in [0.2, 0.25) is 0 Å². The first kappa shape index (κ1) is 22.8. The van der Waals surface area contributed by atoms with Gasteiger partial charge in [-0.25, -0.2) is 0 Å². The number of amides is 1. The van der Waals surface area contributed by atoms with Gasteiger partial charge in [0.2, 0.25) is 5.91 Å². The molecule has 0 aliphatic carbocycles. The number of ether oxygens (including phenoxy) is 1. The summed E-state index contributed by atoms with van der Waals surface area (Å²) in [6.45, 7) is 15.0.